The van der Waals surface area contributed by atoms with Crippen molar-refractivity contribution >= 4 is 17.7 Å². The van der Waals surface area contributed by atoms with Crippen LogP contribution in [-0.4, -0.2) is 42.7 Å². The molecule has 10 heteroatoms. The SMILES string of the molecule is COc1cc(-c2nnc(S[C@H](C)C(=O)NCc3ccco3)o2)cc(OC)c1OC. The lowest BCUT2D eigenvalue weighted by Crippen LogP contribution is -2.30. The summed E-state index contributed by atoms with van der Waals surface area (Å²) in [5.41, 5.74) is 0.605. The number of carbonyl (C=O) groups excluding carboxylic acids is 1. The van der Waals surface area contributed by atoms with Gasteiger partial charge < -0.3 is 28.4 Å². The number of methoxy groups -OCH3 is 3. The Hall–Kier alpha value is -3.14. The zero-order valence-electron chi connectivity index (χ0n) is 16.4. The average molecular weight is 419 g/mol. The molecule has 0 unspecified atom stereocenters. The molecular formula is C19H21N3O6S. The van der Waals surface area contributed by atoms with Gasteiger partial charge in [0, 0.05) is 5.56 Å². The van der Waals surface area contributed by atoms with Crippen molar-refractivity contribution in [2.75, 3.05) is 21.3 Å². The summed E-state index contributed by atoms with van der Waals surface area (Å²) in [7, 11) is 4.58. The van der Waals surface area contributed by atoms with Gasteiger partial charge >= 0.3 is 0 Å². The predicted octanol–water partition coefficient (Wildman–Crippen LogP) is 3.15. The van der Waals surface area contributed by atoms with E-state index in [1.807, 2.05) is 0 Å². The minimum Gasteiger partial charge on any atom is -0.493 e. The van der Waals surface area contributed by atoms with Crippen LogP contribution < -0.4 is 19.5 Å². The first-order chi connectivity index (χ1) is 14.0. The van der Waals surface area contributed by atoms with Crippen molar-refractivity contribution in [3.8, 4) is 28.7 Å². The van der Waals surface area contributed by atoms with Crippen LogP contribution in [0.2, 0.25) is 0 Å². The van der Waals surface area contributed by atoms with Crippen molar-refractivity contribution in [3.05, 3.63) is 36.3 Å². The molecule has 0 bridgehead atoms. The smallest absolute Gasteiger partial charge is 0.277 e. The Balaban J connectivity index is 1.69. The fraction of sp³-hybridized carbons (Fsp3) is 0.316. The number of thioether (sulfide) groups is 1. The van der Waals surface area contributed by atoms with Gasteiger partial charge in [0.15, 0.2) is 11.5 Å². The van der Waals surface area contributed by atoms with Crippen molar-refractivity contribution in [2.45, 2.75) is 23.9 Å². The van der Waals surface area contributed by atoms with Gasteiger partial charge in [0.2, 0.25) is 17.5 Å². The Morgan fingerprint density at radius 3 is 2.48 bits per heavy atom. The zero-order valence-corrected chi connectivity index (χ0v) is 17.2. The van der Waals surface area contributed by atoms with Crippen LogP contribution in [0.3, 0.4) is 0 Å². The molecule has 0 aliphatic carbocycles. The minimum absolute atomic E-state index is 0.168. The fourth-order valence-electron chi connectivity index (χ4n) is 2.51. The summed E-state index contributed by atoms with van der Waals surface area (Å²) in [4.78, 5) is 12.2. The number of carbonyl (C=O) groups is 1. The Labute approximate surface area is 171 Å². The largest absolute Gasteiger partial charge is 0.493 e. The summed E-state index contributed by atoms with van der Waals surface area (Å²) in [5, 5.41) is 10.7. The van der Waals surface area contributed by atoms with E-state index in [0.29, 0.717) is 35.1 Å². The van der Waals surface area contributed by atoms with Crippen LogP contribution in [0.25, 0.3) is 11.5 Å². The highest BCUT2D eigenvalue weighted by molar-refractivity contribution is 8.00. The van der Waals surface area contributed by atoms with E-state index in [0.717, 1.165) is 11.8 Å². The topological polar surface area (TPSA) is 109 Å². The van der Waals surface area contributed by atoms with E-state index in [2.05, 4.69) is 15.5 Å². The van der Waals surface area contributed by atoms with E-state index >= 15 is 0 Å². The van der Waals surface area contributed by atoms with Crippen LogP contribution in [0.15, 0.2) is 44.6 Å². The summed E-state index contributed by atoms with van der Waals surface area (Å²) < 4.78 is 26.9. The lowest BCUT2D eigenvalue weighted by atomic mass is 10.2. The molecule has 1 N–H and O–H groups in total. The molecule has 1 atom stereocenters. The number of benzene rings is 1. The highest BCUT2D eigenvalue weighted by Crippen LogP contribution is 2.41. The summed E-state index contributed by atoms with van der Waals surface area (Å²) in [6, 6.07) is 6.98. The maximum atomic E-state index is 12.2. The van der Waals surface area contributed by atoms with Crippen molar-refractivity contribution in [1.82, 2.24) is 15.5 Å². The van der Waals surface area contributed by atoms with Gasteiger partial charge in [-0.1, -0.05) is 11.8 Å². The number of amides is 1. The van der Waals surface area contributed by atoms with Gasteiger partial charge in [0.05, 0.1) is 39.4 Å². The molecule has 0 aliphatic rings. The van der Waals surface area contributed by atoms with Gasteiger partial charge in [-0.25, -0.2) is 0 Å². The van der Waals surface area contributed by atoms with Crippen molar-refractivity contribution in [3.63, 3.8) is 0 Å². The minimum atomic E-state index is -0.432. The second-order valence-electron chi connectivity index (χ2n) is 5.84. The van der Waals surface area contributed by atoms with Crippen molar-refractivity contribution in [1.29, 1.82) is 0 Å². The number of hydrogen-bond acceptors (Lipinski definition) is 9. The third kappa shape index (κ3) is 4.83. The monoisotopic (exact) mass is 419 g/mol. The number of rotatable bonds is 9. The normalized spacial score (nSPS) is 11.7. The second-order valence-corrected chi connectivity index (χ2v) is 7.14. The van der Waals surface area contributed by atoms with E-state index in [1.165, 1.54) is 21.3 Å². The molecule has 29 heavy (non-hydrogen) atoms. The van der Waals surface area contributed by atoms with Gasteiger partial charge in [-0.2, -0.15) is 0 Å². The fourth-order valence-corrected chi connectivity index (χ4v) is 3.22. The molecule has 0 fully saturated rings. The van der Waals surface area contributed by atoms with Crippen LogP contribution in [0.4, 0.5) is 0 Å². The Kier molecular flexibility index (Phi) is 6.65. The highest BCUT2D eigenvalue weighted by Gasteiger charge is 2.21. The van der Waals surface area contributed by atoms with Crippen LogP contribution >= 0.6 is 11.8 Å². The lowest BCUT2D eigenvalue weighted by Gasteiger charge is -2.12. The Bertz CT molecular complexity index is 932. The number of ether oxygens (including phenoxy) is 3. The first-order valence-electron chi connectivity index (χ1n) is 8.66. The summed E-state index contributed by atoms with van der Waals surface area (Å²) in [6.45, 7) is 2.07. The molecule has 3 aromatic rings. The molecular weight excluding hydrogens is 398 g/mol. The van der Waals surface area contributed by atoms with Crippen LogP contribution in [-0.2, 0) is 11.3 Å². The first kappa shape index (κ1) is 20.6. The molecule has 0 saturated heterocycles. The molecule has 3 rings (SSSR count). The molecule has 2 heterocycles. The van der Waals surface area contributed by atoms with E-state index < -0.39 is 5.25 Å². The standard InChI is InChI=1S/C19H21N3O6S/c1-11(17(23)20-10-13-6-5-7-27-13)29-19-22-21-18(28-19)12-8-14(24-2)16(26-4)15(9-12)25-3/h5-9,11H,10H2,1-4H3,(H,20,23)/t11-/m1/s1. The molecule has 1 amide bonds. The third-order valence-electron chi connectivity index (χ3n) is 3.98. The van der Waals surface area contributed by atoms with Crippen molar-refractivity contribution in [2.24, 2.45) is 0 Å². The molecule has 0 saturated carbocycles. The summed E-state index contributed by atoms with van der Waals surface area (Å²) in [5.74, 6) is 2.20. The van der Waals surface area contributed by atoms with Gasteiger partial charge in [0.1, 0.15) is 5.76 Å². The van der Waals surface area contributed by atoms with E-state index in [4.69, 9.17) is 23.0 Å². The Morgan fingerprint density at radius 2 is 1.90 bits per heavy atom. The second kappa shape index (κ2) is 9.37. The van der Waals surface area contributed by atoms with Gasteiger partial charge in [-0.15, -0.1) is 10.2 Å². The zero-order chi connectivity index (χ0) is 20.8. The average Bonchev–Trinajstić information content (AvgIpc) is 3.42. The number of nitrogens with one attached hydrogen (secondary N) is 1. The summed E-state index contributed by atoms with van der Waals surface area (Å²) in [6.07, 6.45) is 1.56. The van der Waals surface area contributed by atoms with E-state index in [9.17, 15) is 4.79 Å². The Morgan fingerprint density at radius 1 is 1.17 bits per heavy atom. The molecule has 1 aromatic carbocycles. The molecule has 154 valence electrons. The lowest BCUT2D eigenvalue weighted by molar-refractivity contribution is -0.120. The third-order valence-corrected chi connectivity index (χ3v) is 4.92. The number of furan rings is 1. The van der Waals surface area contributed by atoms with Gasteiger partial charge in [0.25, 0.3) is 5.22 Å². The molecule has 0 spiro atoms. The first-order valence-corrected chi connectivity index (χ1v) is 9.54. The number of aromatic nitrogens is 2. The molecule has 0 radical (unpaired) electrons. The van der Waals surface area contributed by atoms with E-state index in [-0.39, 0.29) is 17.0 Å². The van der Waals surface area contributed by atoms with Gasteiger partial charge in [-0.05, 0) is 31.2 Å². The predicted molar refractivity (Wildman–Crippen MR) is 105 cm³/mol. The van der Waals surface area contributed by atoms with Crippen molar-refractivity contribution < 1.29 is 27.8 Å². The number of nitrogens with zero attached hydrogens (tertiary/aromatic N) is 2. The van der Waals surface area contributed by atoms with Gasteiger partial charge in [-0.3, -0.25) is 4.79 Å². The highest BCUT2D eigenvalue weighted by atomic mass is 32.2. The maximum Gasteiger partial charge on any atom is 0.277 e. The molecule has 0 aliphatic heterocycles. The quantitative estimate of drug-likeness (QED) is 0.523. The molecule has 9 nitrogen and oxygen atoms in total. The van der Waals surface area contributed by atoms with Crippen LogP contribution in [0.5, 0.6) is 17.2 Å². The van der Waals surface area contributed by atoms with E-state index in [1.54, 1.807) is 37.5 Å². The maximum absolute atomic E-state index is 12.2. The molecule has 2 aromatic heterocycles. The van der Waals surface area contributed by atoms with Crippen LogP contribution in [0, 0.1) is 0 Å². The van der Waals surface area contributed by atoms with Crippen LogP contribution in [0.1, 0.15) is 12.7 Å². The number of hydrogen-bond donors (Lipinski definition) is 1. The summed E-state index contributed by atoms with van der Waals surface area (Å²) >= 11 is 1.16.